The predicted molar refractivity (Wildman–Crippen MR) is 113 cm³/mol. The second-order valence-electron chi connectivity index (χ2n) is 8.22. The summed E-state index contributed by atoms with van der Waals surface area (Å²) >= 11 is 5.61. The lowest BCUT2D eigenvalue weighted by Crippen LogP contribution is -2.55. The molecule has 0 spiro atoms. The molecule has 3 rings (SSSR count). The maximum atomic E-state index is 13.0. The van der Waals surface area contributed by atoms with Crippen LogP contribution in [0.4, 0.5) is 18.9 Å². The Morgan fingerprint density at radius 1 is 1.16 bits per heavy atom. The highest BCUT2D eigenvalue weighted by Crippen LogP contribution is 2.36. The quantitative estimate of drug-likeness (QED) is 0.683. The van der Waals surface area contributed by atoms with Crippen LogP contribution in [0.1, 0.15) is 38.2 Å². The first-order chi connectivity index (χ1) is 14.6. The van der Waals surface area contributed by atoms with Gasteiger partial charge in [0.1, 0.15) is 0 Å². The lowest BCUT2D eigenvalue weighted by atomic mass is 10.2. The van der Waals surface area contributed by atoms with Crippen molar-refractivity contribution < 1.29 is 22.8 Å². The summed E-state index contributed by atoms with van der Waals surface area (Å²) in [4.78, 5) is 28.8. The van der Waals surface area contributed by atoms with E-state index in [-0.39, 0.29) is 30.2 Å². The van der Waals surface area contributed by atoms with Crippen LogP contribution in [-0.4, -0.2) is 66.4 Å². The number of piperazine rings is 1. The van der Waals surface area contributed by atoms with Crippen LogP contribution < -0.4 is 10.6 Å². The number of carbonyl (C=O) groups excluding carboxylic acids is 2. The van der Waals surface area contributed by atoms with E-state index in [4.69, 9.17) is 11.6 Å². The third-order valence-electron chi connectivity index (χ3n) is 5.96. The van der Waals surface area contributed by atoms with E-state index in [0.29, 0.717) is 26.2 Å². The van der Waals surface area contributed by atoms with Crippen LogP contribution in [0.3, 0.4) is 0 Å². The molecule has 1 atom stereocenters. The maximum Gasteiger partial charge on any atom is 0.417 e. The summed E-state index contributed by atoms with van der Waals surface area (Å²) in [5, 5.41) is 5.21. The molecule has 0 unspecified atom stereocenters. The van der Waals surface area contributed by atoms with Crippen molar-refractivity contribution in [3.05, 3.63) is 28.8 Å². The fourth-order valence-corrected chi connectivity index (χ4v) is 4.32. The predicted octanol–water partition coefficient (Wildman–Crippen LogP) is 3.36. The van der Waals surface area contributed by atoms with Gasteiger partial charge in [0.15, 0.2) is 0 Å². The van der Waals surface area contributed by atoms with Crippen LogP contribution in [0, 0.1) is 0 Å². The van der Waals surface area contributed by atoms with Crippen molar-refractivity contribution in [3.63, 3.8) is 0 Å². The molecule has 1 heterocycles. The van der Waals surface area contributed by atoms with Crippen molar-refractivity contribution in [1.82, 2.24) is 15.1 Å². The smallest absolute Gasteiger partial charge is 0.352 e. The van der Waals surface area contributed by atoms with E-state index in [1.54, 1.807) is 0 Å². The Morgan fingerprint density at radius 2 is 1.81 bits per heavy atom. The molecule has 6 nitrogen and oxygen atoms in total. The van der Waals surface area contributed by atoms with Crippen molar-refractivity contribution in [2.75, 3.05) is 38.0 Å². The molecule has 0 radical (unpaired) electrons. The van der Waals surface area contributed by atoms with E-state index >= 15 is 0 Å². The number of anilines is 1. The van der Waals surface area contributed by atoms with Gasteiger partial charge >= 0.3 is 6.18 Å². The third kappa shape index (κ3) is 6.57. The van der Waals surface area contributed by atoms with Crippen molar-refractivity contribution in [2.45, 2.75) is 50.9 Å². The fourth-order valence-electron chi connectivity index (χ4n) is 4.09. The van der Waals surface area contributed by atoms with Gasteiger partial charge < -0.3 is 10.6 Å². The van der Waals surface area contributed by atoms with Crippen molar-refractivity contribution in [1.29, 1.82) is 0 Å². The average Bonchev–Trinajstić information content (AvgIpc) is 3.21. The van der Waals surface area contributed by atoms with Gasteiger partial charge in [0.05, 0.1) is 23.2 Å². The Bertz CT molecular complexity index is 791. The van der Waals surface area contributed by atoms with Crippen LogP contribution in [0.2, 0.25) is 5.02 Å². The minimum Gasteiger partial charge on any atom is -0.352 e. The van der Waals surface area contributed by atoms with Gasteiger partial charge in [0, 0.05) is 37.9 Å². The number of hydrogen-bond donors (Lipinski definition) is 2. The normalized spacial score (nSPS) is 19.9. The highest BCUT2D eigenvalue weighted by Gasteiger charge is 2.33. The zero-order chi connectivity index (χ0) is 22.6. The Hall–Kier alpha value is -1.84. The van der Waals surface area contributed by atoms with Crippen LogP contribution in [0.5, 0.6) is 0 Å². The molecule has 2 fully saturated rings. The fraction of sp³-hybridized carbons (Fsp3) is 0.619. The second kappa shape index (κ2) is 10.2. The summed E-state index contributed by atoms with van der Waals surface area (Å²) in [6.07, 6.45) is -0.186. The monoisotopic (exact) mass is 460 g/mol. The average molecular weight is 461 g/mol. The third-order valence-corrected chi connectivity index (χ3v) is 6.29. The molecule has 0 bridgehead atoms. The maximum absolute atomic E-state index is 13.0. The molecular formula is C21H28ClF3N4O2. The molecule has 31 heavy (non-hydrogen) atoms. The van der Waals surface area contributed by atoms with Crippen molar-refractivity contribution in [3.8, 4) is 0 Å². The number of halogens is 4. The van der Waals surface area contributed by atoms with E-state index in [1.165, 1.54) is 6.07 Å². The molecular weight excluding hydrogens is 433 g/mol. The number of alkyl halides is 3. The molecule has 2 aliphatic rings. The zero-order valence-corrected chi connectivity index (χ0v) is 18.2. The second-order valence-corrected chi connectivity index (χ2v) is 8.63. The SMILES string of the molecule is C[C@@H](C(=O)NC1CCCC1)N1CCN(CC(=O)Nc2ccc(Cl)c(C(F)(F)F)c2)CC1. The lowest BCUT2D eigenvalue weighted by Gasteiger charge is -2.37. The number of nitrogens with zero attached hydrogens (tertiary/aromatic N) is 2. The summed E-state index contributed by atoms with van der Waals surface area (Å²) in [5.41, 5.74) is -0.928. The van der Waals surface area contributed by atoms with Crippen LogP contribution >= 0.6 is 11.6 Å². The zero-order valence-electron chi connectivity index (χ0n) is 17.5. The molecule has 1 aromatic carbocycles. The summed E-state index contributed by atoms with van der Waals surface area (Å²) in [6.45, 7) is 4.45. The van der Waals surface area contributed by atoms with E-state index in [1.807, 2.05) is 11.8 Å². The van der Waals surface area contributed by atoms with Gasteiger partial charge in [0.2, 0.25) is 11.8 Å². The molecule has 1 saturated heterocycles. The molecule has 172 valence electrons. The van der Waals surface area contributed by atoms with Gasteiger partial charge in [-0.25, -0.2) is 0 Å². The topological polar surface area (TPSA) is 64.7 Å². The number of benzene rings is 1. The van der Waals surface area contributed by atoms with Gasteiger partial charge in [-0.3, -0.25) is 19.4 Å². The number of carbonyl (C=O) groups is 2. The highest BCUT2D eigenvalue weighted by atomic mass is 35.5. The van der Waals surface area contributed by atoms with E-state index < -0.39 is 22.7 Å². The van der Waals surface area contributed by atoms with Gasteiger partial charge in [0.25, 0.3) is 0 Å². The minimum absolute atomic E-state index is 0.0429. The lowest BCUT2D eigenvalue weighted by molar-refractivity contribution is -0.137. The number of rotatable bonds is 6. The van der Waals surface area contributed by atoms with Gasteiger partial charge in [-0.2, -0.15) is 13.2 Å². The van der Waals surface area contributed by atoms with Gasteiger partial charge in [-0.05, 0) is 38.0 Å². The van der Waals surface area contributed by atoms with E-state index in [0.717, 1.165) is 37.8 Å². The van der Waals surface area contributed by atoms with Gasteiger partial charge in [-0.15, -0.1) is 0 Å². The number of amides is 2. The summed E-state index contributed by atoms with van der Waals surface area (Å²) < 4.78 is 38.9. The first-order valence-electron chi connectivity index (χ1n) is 10.6. The molecule has 1 aliphatic carbocycles. The highest BCUT2D eigenvalue weighted by molar-refractivity contribution is 6.31. The molecule has 1 aromatic rings. The Morgan fingerprint density at radius 3 is 2.42 bits per heavy atom. The molecule has 1 aliphatic heterocycles. The molecule has 2 N–H and O–H groups in total. The van der Waals surface area contributed by atoms with Gasteiger partial charge in [-0.1, -0.05) is 24.4 Å². The van der Waals surface area contributed by atoms with Crippen LogP contribution in [0.25, 0.3) is 0 Å². The first-order valence-corrected chi connectivity index (χ1v) is 10.9. The Labute approximate surface area is 185 Å². The first kappa shape index (κ1) is 23.8. The van der Waals surface area contributed by atoms with Crippen LogP contribution in [-0.2, 0) is 15.8 Å². The van der Waals surface area contributed by atoms with Crippen molar-refractivity contribution >= 4 is 29.1 Å². The standard InChI is InChI=1S/C21H28ClF3N4O2/c1-14(20(31)27-15-4-2-3-5-15)29-10-8-28(9-11-29)13-19(30)26-16-6-7-18(22)17(12-16)21(23,24)25/h6-7,12,14-15H,2-5,8-11,13H2,1H3,(H,26,30)(H,27,31)/t14-/m0/s1. The molecule has 10 heteroatoms. The summed E-state index contributed by atoms with van der Waals surface area (Å²) in [5.74, 6) is -0.350. The Balaban J connectivity index is 1.45. The Kier molecular flexibility index (Phi) is 7.82. The summed E-state index contributed by atoms with van der Waals surface area (Å²) in [6, 6.07) is 3.36. The summed E-state index contributed by atoms with van der Waals surface area (Å²) in [7, 11) is 0. The number of nitrogens with one attached hydrogen (secondary N) is 2. The van der Waals surface area contributed by atoms with E-state index in [9.17, 15) is 22.8 Å². The molecule has 0 aromatic heterocycles. The molecule has 1 saturated carbocycles. The van der Waals surface area contributed by atoms with Crippen molar-refractivity contribution in [2.24, 2.45) is 0 Å². The largest absolute Gasteiger partial charge is 0.417 e. The minimum atomic E-state index is -4.59. The van der Waals surface area contributed by atoms with Crippen LogP contribution in [0.15, 0.2) is 18.2 Å². The van der Waals surface area contributed by atoms with E-state index in [2.05, 4.69) is 15.5 Å². The molecule has 2 amide bonds. The number of hydrogen-bond acceptors (Lipinski definition) is 4.